The third kappa shape index (κ3) is 3.18. The van der Waals surface area contributed by atoms with E-state index < -0.39 is 5.54 Å². The lowest BCUT2D eigenvalue weighted by Crippen LogP contribution is -2.54. The van der Waals surface area contributed by atoms with E-state index >= 15 is 0 Å². The zero-order valence-electron chi connectivity index (χ0n) is 9.86. The molecule has 4 heteroatoms. The van der Waals surface area contributed by atoms with Crippen molar-refractivity contribution in [1.29, 1.82) is 0 Å². The molecule has 1 fully saturated rings. The van der Waals surface area contributed by atoms with Gasteiger partial charge in [0.15, 0.2) is 0 Å². The maximum Gasteiger partial charge on any atom is 0.242 e. The number of aliphatic hydroxyl groups excluding tert-OH is 1. The molecule has 1 saturated carbocycles. The van der Waals surface area contributed by atoms with Crippen molar-refractivity contribution in [2.45, 2.75) is 44.8 Å². The molecule has 3 N–H and O–H groups in total. The molecular weight excluding hydrogens is 192 g/mol. The van der Waals surface area contributed by atoms with Crippen LogP contribution in [-0.4, -0.2) is 41.1 Å². The van der Waals surface area contributed by atoms with Gasteiger partial charge in [-0.05, 0) is 39.0 Å². The van der Waals surface area contributed by atoms with E-state index in [-0.39, 0.29) is 12.0 Å². The molecule has 1 rings (SSSR count). The molecule has 0 bridgehead atoms. The normalized spacial score (nSPS) is 21.9. The van der Waals surface area contributed by atoms with Gasteiger partial charge >= 0.3 is 0 Å². The summed E-state index contributed by atoms with van der Waals surface area (Å²) < 4.78 is 0. The first-order valence-electron chi connectivity index (χ1n) is 5.58. The van der Waals surface area contributed by atoms with Crippen molar-refractivity contribution in [3.8, 4) is 0 Å². The minimum Gasteiger partial charge on any atom is -0.393 e. The quantitative estimate of drug-likeness (QED) is 0.693. The molecule has 88 valence electrons. The number of carbonyl (C=O) groups excluding carboxylic acids is 1. The summed E-state index contributed by atoms with van der Waals surface area (Å²) >= 11 is 0. The van der Waals surface area contributed by atoms with Gasteiger partial charge in [-0.1, -0.05) is 0 Å². The Morgan fingerprint density at radius 1 is 1.67 bits per heavy atom. The van der Waals surface area contributed by atoms with Crippen molar-refractivity contribution in [2.24, 2.45) is 11.7 Å². The third-order valence-electron chi connectivity index (χ3n) is 3.12. The Morgan fingerprint density at radius 3 is 2.60 bits per heavy atom. The number of likely N-dealkylation sites (N-methyl/N-ethyl adjacent to an activating group) is 1. The number of rotatable bonds is 5. The van der Waals surface area contributed by atoms with Crippen LogP contribution in [-0.2, 0) is 4.79 Å². The SMILES string of the molecule is CC(O)CCN(C)C(=O)C(C)(N)C1CC1. The van der Waals surface area contributed by atoms with Crippen molar-refractivity contribution in [3.63, 3.8) is 0 Å². The molecule has 2 atom stereocenters. The van der Waals surface area contributed by atoms with Gasteiger partial charge < -0.3 is 15.7 Å². The van der Waals surface area contributed by atoms with E-state index in [2.05, 4.69) is 0 Å². The van der Waals surface area contributed by atoms with Gasteiger partial charge in [-0.2, -0.15) is 0 Å². The maximum absolute atomic E-state index is 12.0. The van der Waals surface area contributed by atoms with Crippen LogP contribution in [0.25, 0.3) is 0 Å². The van der Waals surface area contributed by atoms with Crippen molar-refractivity contribution in [2.75, 3.05) is 13.6 Å². The van der Waals surface area contributed by atoms with Gasteiger partial charge in [-0.15, -0.1) is 0 Å². The molecule has 15 heavy (non-hydrogen) atoms. The van der Waals surface area contributed by atoms with Crippen LogP contribution < -0.4 is 5.73 Å². The van der Waals surface area contributed by atoms with Crippen LogP contribution in [0.15, 0.2) is 0 Å². The molecule has 2 unspecified atom stereocenters. The molecule has 0 aliphatic heterocycles. The standard InChI is InChI=1S/C11H22N2O2/c1-8(14)6-7-13(3)10(15)11(2,12)9-4-5-9/h8-9,14H,4-7,12H2,1-3H3. The lowest BCUT2D eigenvalue weighted by molar-refractivity contribution is -0.136. The van der Waals surface area contributed by atoms with Gasteiger partial charge in [0.2, 0.25) is 5.91 Å². The smallest absolute Gasteiger partial charge is 0.242 e. The first-order chi connectivity index (χ1) is 6.85. The first-order valence-corrected chi connectivity index (χ1v) is 5.58. The summed E-state index contributed by atoms with van der Waals surface area (Å²) in [6.07, 6.45) is 2.35. The predicted molar refractivity (Wildman–Crippen MR) is 59.3 cm³/mol. The van der Waals surface area contributed by atoms with Gasteiger partial charge in [0.1, 0.15) is 0 Å². The van der Waals surface area contributed by atoms with Crippen LogP contribution in [0, 0.1) is 5.92 Å². The van der Waals surface area contributed by atoms with Gasteiger partial charge in [0.05, 0.1) is 11.6 Å². The van der Waals surface area contributed by atoms with Crippen molar-refractivity contribution < 1.29 is 9.90 Å². The van der Waals surface area contributed by atoms with Crippen molar-refractivity contribution in [1.82, 2.24) is 4.90 Å². The molecule has 0 heterocycles. The predicted octanol–water partition coefficient (Wildman–Crippen LogP) is 0.343. The molecule has 1 amide bonds. The Balaban J connectivity index is 2.44. The first kappa shape index (κ1) is 12.5. The van der Waals surface area contributed by atoms with E-state index in [1.165, 1.54) is 0 Å². The summed E-state index contributed by atoms with van der Waals surface area (Å²) in [6.45, 7) is 4.10. The molecular formula is C11H22N2O2. The number of aliphatic hydroxyl groups is 1. The fourth-order valence-electron chi connectivity index (χ4n) is 1.75. The zero-order chi connectivity index (χ0) is 11.6. The molecule has 4 nitrogen and oxygen atoms in total. The molecule has 0 spiro atoms. The van der Waals surface area contributed by atoms with E-state index in [1.807, 2.05) is 6.92 Å². The van der Waals surface area contributed by atoms with Gasteiger partial charge in [0.25, 0.3) is 0 Å². The summed E-state index contributed by atoms with van der Waals surface area (Å²) in [5.74, 6) is 0.338. The van der Waals surface area contributed by atoms with E-state index in [9.17, 15) is 4.79 Å². The summed E-state index contributed by atoms with van der Waals surface area (Å²) in [7, 11) is 1.75. The van der Waals surface area contributed by atoms with Crippen LogP contribution >= 0.6 is 0 Å². The largest absolute Gasteiger partial charge is 0.393 e. The van der Waals surface area contributed by atoms with Gasteiger partial charge in [-0.3, -0.25) is 4.79 Å². The molecule has 0 aromatic carbocycles. The monoisotopic (exact) mass is 214 g/mol. The average Bonchev–Trinajstić information content (AvgIpc) is 2.95. The molecule has 1 aliphatic rings. The Labute approximate surface area is 91.4 Å². The van der Waals surface area contributed by atoms with E-state index in [0.717, 1.165) is 12.8 Å². The highest BCUT2D eigenvalue weighted by atomic mass is 16.3. The van der Waals surface area contributed by atoms with E-state index in [1.54, 1.807) is 18.9 Å². The molecule has 0 radical (unpaired) electrons. The van der Waals surface area contributed by atoms with Crippen LogP contribution in [0.5, 0.6) is 0 Å². The highest BCUT2D eigenvalue weighted by Crippen LogP contribution is 2.38. The minimum absolute atomic E-state index is 0.00866. The topological polar surface area (TPSA) is 66.6 Å². The number of hydrogen-bond acceptors (Lipinski definition) is 3. The molecule has 0 aromatic rings. The van der Waals surface area contributed by atoms with E-state index in [0.29, 0.717) is 18.9 Å². The van der Waals surface area contributed by atoms with E-state index in [4.69, 9.17) is 10.8 Å². The number of nitrogens with zero attached hydrogens (tertiary/aromatic N) is 1. The number of amides is 1. The Morgan fingerprint density at radius 2 is 2.20 bits per heavy atom. The van der Waals surface area contributed by atoms with Crippen LogP contribution in [0.4, 0.5) is 0 Å². The average molecular weight is 214 g/mol. The third-order valence-corrected chi connectivity index (χ3v) is 3.12. The van der Waals surface area contributed by atoms with Crippen LogP contribution in [0.2, 0.25) is 0 Å². The summed E-state index contributed by atoms with van der Waals surface area (Å²) in [6, 6.07) is 0. The highest BCUT2D eigenvalue weighted by Gasteiger charge is 2.45. The van der Waals surface area contributed by atoms with Crippen LogP contribution in [0.3, 0.4) is 0 Å². The molecule has 0 aromatic heterocycles. The van der Waals surface area contributed by atoms with Crippen LogP contribution in [0.1, 0.15) is 33.1 Å². The second-order valence-corrected chi connectivity index (χ2v) is 4.92. The van der Waals surface area contributed by atoms with Gasteiger partial charge in [0, 0.05) is 13.6 Å². The lowest BCUT2D eigenvalue weighted by atomic mass is 9.95. The summed E-state index contributed by atoms with van der Waals surface area (Å²) in [5.41, 5.74) is 5.30. The molecule has 0 saturated heterocycles. The van der Waals surface area contributed by atoms with Crippen molar-refractivity contribution >= 4 is 5.91 Å². The Bertz CT molecular complexity index is 235. The molecule has 1 aliphatic carbocycles. The van der Waals surface area contributed by atoms with Gasteiger partial charge in [-0.25, -0.2) is 0 Å². The highest BCUT2D eigenvalue weighted by molar-refractivity contribution is 5.86. The Hall–Kier alpha value is -0.610. The second-order valence-electron chi connectivity index (χ2n) is 4.92. The summed E-state index contributed by atoms with van der Waals surface area (Å²) in [4.78, 5) is 13.6. The number of nitrogens with two attached hydrogens (primary N) is 1. The second kappa shape index (κ2) is 4.49. The summed E-state index contributed by atoms with van der Waals surface area (Å²) in [5, 5.41) is 9.14. The number of carbonyl (C=O) groups is 1. The fourth-order valence-corrected chi connectivity index (χ4v) is 1.75. The minimum atomic E-state index is -0.715. The fraction of sp³-hybridized carbons (Fsp3) is 0.909. The number of hydrogen-bond donors (Lipinski definition) is 2. The maximum atomic E-state index is 12.0. The zero-order valence-corrected chi connectivity index (χ0v) is 9.86. The lowest BCUT2D eigenvalue weighted by Gasteiger charge is -2.29. The Kier molecular flexibility index (Phi) is 3.73. The van der Waals surface area contributed by atoms with Crippen molar-refractivity contribution in [3.05, 3.63) is 0 Å².